The largest absolute Gasteiger partial charge is 0.484 e. The second-order valence-corrected chi connectivity index (χ2v) is 3.95. The lowest BCUT2D eigenvalue weighted by atomic mass is 10.1. The molecule has 2 rings (SSSR count). The van der Waals surface area contributed by atoms with Crippen LogP contribution in [0, 0.1) is 0 Å². The van der Waals surface area contributed by atoms with Gasteiger partial charge in [0.1, 0.15) is 13.2 Å². The first-order valence-electron chi connectivity index (χ1n) is 6.01. The molecule has 98 valence electrons. The maximum Gasteiger partial charge on any atom is 0.359 e. The topological polar surface area (TPSA) is 70.5 Å². The number of ether oxygens (including phenoxy) is 3. The Hall–Kier alpha value is -1.85. The molecule has 2 heterocycles. The van der Waals surface area contributed by atoms with Gasteiger partial charge in [0.2, 0.25) is 0 Å². The summed E-state index contributed by atoms with van der Waals surface area (Å²) in [7, 11) is 1.32. The van der Waals surface area contributed by atoms with E-state index in [9.17, 15) is 4.79 Å². The van der Waals surface area contributed by atoms with Gasteiger partial charge in [0.15, 0.2) is 11.4 Å². The highest BCUT2D eigenvalue weighted by atomic mass is 16.6. The van der Waals surface area contributed by atoms with Gasteiger partial charge in [0.25, 0.3) is 5.88 Å². The second kappa shape index (κ2) is 5.66. The van der Waals surface area contributed by atoms with Gasteiger partial charge in [-0.15, -0.1) is 10.2 Å². The number of unbranched alkanes of at least 4 members (excludes halogenated alkanes) is 1. The lowest BCUT2D eigenvalue weighted by molar-refractivity contribution is 0.0588. The maximum absolute atomic E-state index is 11.7. The summed E-state index contributed by atoms with van der Waals surface area (Å²) in [5.74, 6) is 0.399. The van der Waals surface area contributed by atoms with Gasteiger partial charge in [-0.1, -0.05) is 13.3 Å². The molecule has 1 aliphatic heterocycles. The molecule has 0 radical (unpaired) electrons. The average molecular weight is 252 g/mol. The SMILES string of the molecule is CCCCc1c(C(=O)OC)nnc2c1OCCO2. The number of methoxy groups -OCH3 is 1. The van der Waals surface area contributed by atoms with Crippen LogP contribution in [0.5, 0.6) is 11.6 Å². The van der Waals surface area contributed by atoms with E-state index in [1.807, 2.05) is 0 Å². The molecule has 0 N–H and O–H groups in total. The van der Waals surface area contributed by atoms with Gasteiger partial charge in [-0.3, -0.25) is 0 Å². The van der Waals surface area contributed by atoms with Crippen molar-refractivity contribution in [2.45, 2.75) is 26.2 Å². The number of esters is 1. The summed E-state index contributed by atoms with van der Waals surface area (Å²) in [6.07, 6.45) is 2.65. The smallest absolute Gasteiger partial charge is 0.359 e. The third-order valence-electron chi connectivity index (χ3n) is 2.72. The van der Waals surface area contributed by atoms with E-state index < -0.39 is 5.97 Å². The molecule has 6 nitrogen and oxygen atoms in total. The van der Waals surface area contributed by atoms with E-state index in [-0.39, 0.29) is 5.69 Å². The average Bonchev–Trinajstić information content (AvgIpc) is 2.43. The zero-order chi connectivity index (χ0) is 13.0. The molecule has 0 spiro atoms. The molecule has 0 fully saturated rings. The Labute approximate surface area is 105 Å². The fraction of sp³-hybridized carbons (Fsp3) is 0.583. The van der Waals surface area contributed by atoms with E-state index in [4.69, 9.17) is 14.2 Å². The molecule has 1 aromatic heterocycles. The number of carbonyl (C=O) groups excluding carboxylic acids is 1. The van der Waals surface area contributed by atoms with Crippen molar-refractivity contribution in [2.24, 2.45) is 0 Å². The van der Waals surface area contributed by atoms with E-state index in [0.717, 1.165) is 18.4 Å². The van der Waals surface area contributed by atoms with Crippen LogP contribution in [0.25, 0.3) is 0 Å². The molecular formula is C12H16N2O4. The fourth-order valence-electron chi connectivity index (χ4n) is 1.81. The first-order valence-corrected chi connectivity index (χ1v) is 6.01. The third kappa shape index (κ3) is 2.37. The lowest BCUT2D eigenvalue weighted by Gasteiger charge is -2.20. The summed E-state index contributed by atoms with van der Waals surface area (Å²) in [5.41, 5.74) is 0.948. The number of carbonyl (C=O) groups is 1. The normalized spacial score (nSPS) is 13.2. The molecule has 0 saturated carbocycles. The highest BCUT2D eigenvalue weighted by Gasteiger charge is 2.25. The summed E-state index contributed by atoms with van der Waals surface area (Å²) in [4.78, 5) is 11.7. The van der Waals surface area contributed by atoms with Gasteiger partial charge >= 0.3 is 5.97 Å². The Kier molecular flexibility index (Phi) is 3.96. The molecule has 0 atom stereocenters. The van der Waals surface area contributed by atoms with Gasteiger partial charge < -0.3 is 14.2 Å². The molecule has 18 heavy (non-hydrogen) atoms. The Bertz CT molecular complexity index is 448. The van der Waals surface area contributed by atoms with Crippen molar-refractivity contribution < 1.29 is 19.0 Å². The van der Waals surface area contributed by atoms with Crippen LogP contribution in [0.1, 0.15) is 35.8 Å². The Morgan fingerprint density at radius 2 is 2.11 bits per heavy atom. The van der Waals surface area contributed by atoms with Crippen molar-refractivity contribution in [3.8, 4) is 11.6 Å². The van der Waals surface area contributed by atoms with Crippen molar-refractivity contribution in [3.05, 3.63) is 11.3 Å². The summed E-state index contributed by atoms with van der Waals surface area (Å²) in [6.45, 7) is 2.99. The van der Waals surface area contributed by atoms with Crippen LogP contribution in [-0.4, -0.2) is 36.5 Å². The predicted molar refractivity (Wildman–Crippen MR) is 63.0 cm³/mol. The fourth-order valence-corrected chi connectivity index (χ4v) is 1.81. The minimum absolute atomic E-state index is 0.218. The molecule has 1 aliphatic rings. The van der Waals surface area contributed by atoms with E-state index in [1.165, 1.54) is 7.11 Å². The van der Waals surface area contributed by atoms with E-state index in [1.54, 1.807) is 0 Å². The standard InChI is InChI=1S/C12H16N2O4/c1-3-4-5-8-9(12(15)16-2)13-14-11-10(8)17-6-7-18-11/h3-7H2,1-2H3. The first kappa shape index (κ1) is 12.6. The minimum Gasteiger partial charge on any atom is -0.484 e. The molecule has 0 amide bonds. The van der Waals surface area contributed by atoms with Crippen LogP contribution >= 0.6 is 0 Å². The van der Waals surface area contributed by atoms with Crippen molar-refractivity contribution in [1.29, 1.82) is 0 Å². The highest BCUT2D eigenvalue weighted by molar-refractivity contribution is 5.89. The van der Waals surface area contributed by atoms with Crippen molar-refractivity contribution in [3.63, 3.8) is 0 Å². The second-order valence-electron chi connectivity index (χ2n) is 3.95. The molecule has 6 heteroatoms. The van der Waals surface area contributed by atoms with Gasteiger partial charge in [0.05, 0.1) is 7.11 Å². The zero-order valence-electron chi connectivity index (χ0n) is 10.6. The molecule has 0 bridgehead atoms. The molecule has 1 aromatic rings. The molecule has 0 saturated heterocycles. The number of nitrogens with zero attached hydrogens (tertiary/aromatic N) is 2. The van der Waals surface area contributed by atoms with Crippen LogP contribution in [0.4, 0.5) is 0 Å². The van der Waals surface area contributed by atoms with E-state index >= 15 is 0 Å². The first-order chi connectivity index (χ1) is 8.77. The van der Waals surface area contributed by atoms with Gasteiger partial charge in [-0.05, 0) is 12.8 Å². The number of hydrogen-bond donors (Lipinski definition) is 0. The summed E-state index contributed by atoms with van der Waals surface area (Å²) in [6, 6.07) is 0. The van der Waals surface area contributed by atoms with Crippen LogP contribution in [0.2, 0.25) is 0 Å². The Balaban J connectivity index is 2.42. The lowest BCUT2D eigenvalue weighted by Crippen LogP contribution is -2.21. The van der Waals surface area contributed by atoms with Gasteiger partial charge in [-0.2, -0.15) is 0 Å². The number of aromatic nitrogens is 2. The monoisotopic (exact) mass is 252 g/mol. The molecule has 0 unspecified atom stereocenters. The third-order valence-corrected chi connectivity index (χ3v) is 2.72. The Morgan fingerprint density at radius 1 is 1.33 bits per heavy atom. The van der Waals surface area contributed by atoms with Gasteiger partial charge in [0, 0.05) is 5.56 Å². The zero-order valence-corrected chi connectivity index (χ0v) is 10.6. The number of fused-ring (bicyclic) bond motifs is 1. The van der Waals surface area contributed by atoms with Crippen LogP contribution < -0.4 is 9.47 Å². The molecule has 0 aliphatic carbocycles. The minimum atomic E-state index is -0.495. The molecule has 0 aromatic carbocycles. The number of hydrogen-bond acceptors (Lipinski definition) is 6. The van der Waals surface area contributed by atoms with E-state index in [2.05, 4.69) is 17.1 Å². The van der Waals surface area contributed by atoms with E-state index in [0.29, 0.717) is 31.3 Å². The van der Waals surface area contributed by atoms with Crippen LogP contribution in [0.3, 0.4) is 0 Å². The highest BCUT2D eigenvalue weighted by Crippen LogP contribution is 2.33. The maximum atomic E-state index is 11.7. The quantitative estimate of drug-likeness (QED) is 0.754. The van der Waals surface area contributed by atoms with Crippen molar-refractivity contribution in [2.75, 3.05) is 20.3 Å². The predicted octanol–water partition coefficient (Wildman–Crippen LogP) is 1.38. The van der Waals surface area contributed by atoms with Gasteiger partial charge in [-0.25, -0.2) is 4.79 Å². The van der Waals surface area contributed by atoms with Crippen LogP contribution in [-0.2, 0) is 11.2 Å². The summed E-state index contributed by atoms with van der Waals surface area (Å²) < 4.78 is 15.6. The number of rotatable bonds is 4. The summed E-state index contributed by atoms with van der Waals surface area (Å²) >= 11 is 0. The summed E-state index contributed by atoms with van der Waals surface area (Å²) in [5, 5.41) is 7.75. The molecular weight excluding hydrogens is 236 g/mol. The van der Waals surface area contributed by atoms with Crippen molar-refractivity contribution >= 4 is 5.97 Å². The van der Waals surface area contributed by atoms with Crippen LogP contribution in [0.15, 0.2) is 0 Å². The van der Waals surface area contributed by atoms with Crippen molar-refractivity contribution in [1.82, 2.24) is 10.2 Å². The Morgan fingerprint density at radius 3 is 2.83 bits per heavy atom.